The molecule has 0 amide bonds. The molecule has 0 saturated heterocycles. The van der Waals surface area contributed by atoms with Crippen molar-refractivity contribution in [2.24, 2.45) is 0 Å². The van der Waals surface area contributed by atoms with E-state index in [1.54, 1.807) is 6.92 Å². The molecule has 23 heavy (non-hydrogen) atoms. The number of alkyl halides is 3. The van der Waals surface area contributed by atoms with Crippen molar-refractivity contribution in [3.63, 3.8) is 0 Å². The van der Waals surface area contributed by atoms with Crippen LogP contribution in [0.3, 0.4) is 0 Å². The van der Waals surface area contributed by atoms with Crippen LogP contribution in [0.15, 0.2) is 12.3 Å². The maximum atomic E-state index is 12.8. The van der Waals surface area contributed by atoms with Gasteiger partial charge in [0, 0.05) is 37.4 Å². The summed E-state index contributed by atoms with van der Waals surface area (Å²) in [4.78, 5) is 0. The van der Waals surface area contributed by atoms with Crippen LogP contribution in [0.2, 0.25) is 0 Å². The van der Waals surface area contributed by atoms with Gasteiger partial charge in [0.2, 0.25) is 0 Å². The third kappa shape index (κ3) is 3.93. The summed E-state index contributed by atoms with van der Waals surface area (Å²) in [5, 5.41) is 11.3. The largest absolute Gasteiger partial charge is 0.435 e. The lowest BCUT2D eigenvalue weighted by Gasteiger charge is -2.13. The molecule has 2 aromatic rings. The highest BCUT2D eigenvalue weighted by Crippen LogP contribution is 2.28. The summed E-state index contributed by atoms with van der Waals surface area (Å²) >= 11 is 0. The number of aryl methyl sites for hydroxylation is 3. The number of rotatable bonds is 6. The molecule has 0 aromatic carbocycles. The Morgan fingerprint density at radius 1 is 1.22 bits per heavy atom. The second-order valence-corrected chi connectivity index (χ2v) is 5.46. The molecule has 0 spiro atoms. The normalized spacial score (nSPS) is 13.5. The van der Waals surface area contributed by atoms with E-state index in [1.807, 2.05) is 31.6 Å². The van der Waals surface area contributed by atoms with Crippen LogP contribution in [0.4, 0.5) is 13.2 Å². The molecular weight excluding hydrogens is 307 g/mol. The highest BCUT2D eigenvalue weighted by atomic mass is 19.4. The molecule has 0 aliphatic rings. The standard InChI is InChI=1S/C15H22F3N5/c1-5-22-9-13(11(4)20-22)10(3)19-8-12-7-14(15(16,17)18)21-23(12)6-2/h7,9-10,19H,5-6,8H2,1-4H3. The second kappa shape index (κ2) is 6.74. The van der Waals surface area contributed by atoms with Gasteiger partial charge in [0.15, 0.2) is 5.69 Å². The lowest BCUT2D eigenvalue weighted by molar-refractivity contribution is -0.141. The Morgan fingerprint density at radius 3 is 2.43 bits per heavy atom. The van der Waals surface area contributed by atoms with Crippen molar-refractivity contribution in [1.82, 2.24) is 24.9 Å². The first-order valence-corrected chi connectivity index (χ1v) is 7.67. The summed E-state index contributed by atoms with van der Waals surface area (Å²) in [6.45, 7) is 9.18. The minimum absolute atomic E-state index is 0.00940. The van der Waals surface area contributed by atoms with Crippen LogP contribution < -0.4 is 5.32 Å². The van der Waals surface area contributed by atoms with Crippen LogP contribution in [0, 0.1) is 6.92 Å². The van der Waals surface area contributed by atoms with E-state index < -0.39 is 11.9 Å². The first-order valence-electron chi connectivity index (χ1n) is 7.67. The number of aromatic nitrogens is 4. The quantitative estimate of drug-likeness (QED) is 0.884. The first kappa shape index (κ1) is 17.5. The fraction of sp³-hybridized carbons (Fsp3) is 0.600. The van der Waals surface area contributed by atoms with Gasteiger partial charge in [-0.25, -0.2) is 0 Å². The molecule has 0 saturated carbocycles. The van der Waals surface area contributed by atoms with Crippen LogP contribution >= 0.6 is 0 Å². The molecule has 0 fully saturated rings. The average Bonchev–Trinajstić information content (AvgIpc) is 3.07. The van der Waals surface area contributed by atoms with Gasteiger partial charge in [0.05, 0.1) is 11.4 Å². The van der Waals surface area contributed by atoms with Gasteiger partial charge >= 0.3 is 6.18 Å². The number of nitrogens with one attached hydrogen (secondary N) is 1. The topological polar surface area (TPSA) is 47.7 Å². The minimum Gasteiger partial charge on any atom is -0.304 e. The summed E-state index contributed by atoms with van der Waals surface area (Å²) in [5.41, 5.74) is 1.64. The van der Waals surface area contributed by atoms with Gasteiger partial charge in [-0.1, -0.05) is 0 Å². The van der Waals surface area contributed by atoms with Gasteiger partial charge in [0.1, 0.15) is 0 Å². The highest BCUT2D eigenvalue weighted by Gasteiger charge is 2.34. The fourth-order valence-corrected chi connectivity index (χ4v) is 2.50. The summed E-state index contributed by atoms with van der Waals surface area (Å²) < 4.78 is 41.5. The van der Waals surface area contributed by atoms with Crippen LogP contribution in [-0.2, 0) is 25.8 Å². The molecular formula is C15H22F3N5. The van der Waals surface area contributed by atoms with Crippen molar-refractivity contribution in [1.29, 1.82) is 0 Å². The molecule has 0 bridgehead atoms. The van der Waals surface area contributed by atoms with Gasteiger partial charge in [-0.3, -0.25) is 9.36 Å². The number of nitrogens with zero attached hydrogens (tertiary/aromatic N) is 4. The number of hydrogen-bond acceptors (Lipinski definition) is 3. The highest BCUT2D eigenvalue weighted by molar-refractivity contribution is 5.20. The predicted octanol–water partition coefficient (Wildman–Crippen LogP) is 3.30. The Bertz CT molecular complexity index is 657. The van der Waals surface area contributed by atoms with Crippen molar-refractivity contribution in [3.05, 3.63) is 34.9 Å². The third-order valence-electron chi connectivity index (χ3n) is 3.82. The zero-order valence-electron chi connectivity index (χ0n) is 13.8. The van der Waals surface area contributed by atoms with E-state index in [9.17, 15) is 13.2 Å². The maximum absolute atomic E-state index is 12.8. The van der Waals surface area contributed by atoms with E-state index in [4.69, 9.17) is 0 Å². The van der Waals surface area contributed by atoms with Gasteiger partial charge in [-0.15, -0.1) is 0 Å². The molecule has 128 valence electrons. The Kier molecular flexibility index (Phi) is 5.13. The smallest absolute Gasteiger partial charge is 0.304 e. The van der Waals surface area contributed by atoms with E-state index in [0.29, 0.717) is 18.8 Å². The Hall–Kier alpha value is -1.83. The number of hydrogen-bond donors (Lipinski definition) is 1. The monoisotopic (exact) mass is 329 g/mol. The van der Waals surface area contributed by atoms with Crippen LogP contribution in [0.5, 0.6) is 0 Å². The molecule has 0 aliphatic carbocycles. The molecule has 0 aliphatic heterocycles. The maximum Gasteiger partial charge on any atom is 0.435 e. The SMILES string of the molecule is CCn1cc(C(C)NCc2cc(C(F)(F)F)nn2CC)c(C)n1. The van der Waals surface area contributed by atoms with Gasteiger partial charge in [-0.2, -0.15) is 23.4 Å². The summed E-state index contributed by atoms with van der Waals surface area (Å²) in [5.74, 6) is 0. The van der Waals surface area contributed by atoms with E-state index in [-0.39, 0.29) is 6.04 Å². The van der Waals surface area contributed by atoms with Gasteiger partial charge in [-0.05, 0) is 33.8 Å². The lowest BCUT2D eigenvalue weighted by Crippen LogP contribution is -2.20. The second-order valence-electron chi connectivity index (χ2n) is 5.46. The molecule has 8 heteroatoms. The fourth-order valence-electron chi connectivity index (χ4n) is 2.50. The molecule has 0 radical (unpaired) electrons. The van der Waals surface area contributed by atoms with Gasteiger partial charge in [0.25, 0.3) is 0 Å². The average molecular weight is 329 g/mol. The molecule has 1 atom stereocenters. The van der Waals surface area contributed by atoms with E-state index >= 15 is 0 Å². The summed E-state index contributed by atoms with van der Waals surface area (Å²) in [6.07, 6.45) is -2.45. The van der Waals surface area contributed by atoms with E-state index in [0.717, 1.165) is 23.9 Å². The Balaban J connectivity index is 2.10. The Morgan fingerprint density at radius 2 is 1.91 bits per heavy atom. The van der Waals surface area contributed by atoms with Crippen molar-refractivity contribution in [2.75, 3.05) is 0 Å². The summed E-state index contributed by atoms with van der Waals surface area (Å²) in [7, 11) is 0. The molecule has 2 aromatic heterocycles. The zero-order chi connectivity index (χ0) is 17.2. The lowest BCUT2D eigenvalue weighted by atomic mass is 10.1. The van der Waals surface area contributed by atoms with Crippen molar-refractivity contribution in [2.45, 2.75) is 59.5 Å². The zero-order valence-corrected chi connectivity index (χ0v) is 13.8. The molecule has 2 heterocycles. The third-order valence-corrected chi connectivity index (χ3v) is 3.82. The van der Waals surface area contributed by atoms with E-state index in [1.165, 1.54) is 4.68 Å². The molecule has 1 N–H and O–H groups in total. The van der Waals surface area contributed by atoms with Crippen LogP contribution in [0.25, 0.3) is 0 Å². The number of halogens is 3. The van der Waals surface area contributed by atoms with Gasteiger partial charge < -0.3 is 5.32 Å². The van der Waals surface area contributed by atoms with Crippen molar-refractivity contribution >= 4 is 0 Å². The summed E-state index contributed by atoms with van der Waals surface area (Å²) in [6, 6.07) is 1.09. The molecule has 5 nitrogen and oxygen atoms in total. The van der Waals surface area contributed by atoms with Crippen molar-refractivity contribution in [3.8, 4) is 0 Å². The van der Waals surface area contributed by atoms with Crippen molar-refractivity contribution < 1.29 is 13.2 Å². The Labute approximate surface area is 133 Å². The van der Waals surface area contributed by atoms with E-state index in [2.05, 4.69) is 15.5 Å². The minimum atomic E-state index is -4.42. The molecule has 2 rings (SSSR count). The predicted molar refractivity (Wildman–Crippen MR) is 80.8 cm³/mol. The molecule has 1 unspecified atom stereocenters. The van der Waals surface area contributed by atoms with Crippen LogP contribution in [-0.4, -0.2) is 19.6 Å². The first-order chi connectivity index (χ1) is 10.8. The van der Waals surface area contributed by atoms with Crippen LogP contribution in [0.1, 0.15) is 49.5 Å².